The van der Waals surface area contributed by atoms with Crippen molar-refractivity contribution in [3.8, 4) is 0 Å². The number of hydrogen-bond acceptors (Lipinski definition) is 2. The molecular weight excluding hydrogens is 238 g/mol. The van der Waals surface area contributed by atoms with E-state index in [1.165, 1.54) is 5.56 Å². The minimum Gasteiger partial charge on any atom is -0.352 e. The Morgan fingerprint density at radius 2 is 2.05 bits per heavy atom. The summed E-state index contributed by atoms with van der Waals surface area (Å²) in [6.07, 6.45) is 2.56. The molecule has 0 atom stereocenters. The van der Waals surface area contributed by atoms with Crippen molar-refractivity contribution in [1.29, 1.82) is 0 Å². The summed E-state index contributed by atoms with van der Waals surface area (Å²) in [5, 5.41) is 2.92. The molecule has 0 spiro atoms. The Labute approximate surface area is 113 Å². The van der Waals surface area contributed by atoms with Crippen LogP contribution in [0, 0.1) is 20.8 Å². The fraction of sp³-hybridized carbons (Fsp3) is 0.333. The number of aromatic amines is 1. The Balaban J connectivity index is 1.89. The lowest BCUT2D eigenvalue weighted by atomic mass is 10.1. The molecule has 0 saturated carbocycles. The largest absolute Gasteiger partial charge is 0.352 e. The molecule has 1 aromatic carbocycles. The lowest BCUT2D eigenvalue weighted by molar-refractivity contribution is 0.0954. The van der Waals surface area contributed by atoms with E-state index in [9.17, 15) is 4.79 Å². The number of rotatable bonds is 4. The molecule has 0 radical (unpaired) electrons. The summed E-state index contributed by atoms with van der Waals surface area (Å²) >= 11 is 0. The third-order valence-corrected chi connectivity index (χ3v) is 3.20. The highest BCUT2D eigenvalue weighted by atomic mass is 16.1. The standard InChI is InChI=1S/C15H19N3O/c1-10-4-5-13(8-11(10)2)15(19)16-7-6-14-9-17-12(3)18-14/h4-5,8-9H,6-7H2,1-3H3,(H,16,19)(H,17,18). The van der Waals surface area contributed by atoms with Crippen LogP contribution in [0.25, 0.3) is 0 Å². The van der Waals surface area contributed by atoms with E-state index in [-0.39, 0.29) is 5.91 Å². The summed E-state index contributed by atoms with van der Waals surface area (Å²) in [6, 6.07) is 5.76. The van der Waals surface area contributed by atoms with Crippen LogP contribution in [-0.4, -0.2) is 22.4 Å². The fourth-order valence-electron chi connectivity index (χ4n) is 1.89. The van der Waals surface area contributed by atoms with E-state index in [1.54, 1.807) is 6.20 Å². The number of amides is 1. The van der Waals surface area contributed by atoms with Gasteiger partial charge in [-0.15, -0.1) is 0 Å². The number of benzene rings is 1. The van der Waals surface area contributed by atoms with Crippen molar-refractivity contribution in [2.24, 2.45) is 0 Å². The zero-order chi connectivity index (χ0) is 13.8. The number of carbonyl (C=O) groups excluding carboxylic acids is 1. The Kier molecular flexibility index (Phi) is 4.00. The second-order valence-electron chi connectivity index (χ2n) is 4.80. The highest BCUT2D eigenvalue weighted by Crippen LogP contribution is 2.09. The van der Waals surface area contributed by atoms with Gasteiger partial charge in [-0.25, -0.2) is 4.98 Å². The average molecular weight is 257 g/mol. The van der Waals surface area contributed by atoms with Crippen molar-refractivity contribution in [3.05, 3.63) is 52.6 Å². The van der Waals surface area contributed by atoms with E-state index >= 15 is 0 Å². The van der Waals surface area contributed by atoms with E-state index in [4.69, 9.17) is 0 Å². The first-order chi connectivity index (χ1) is 9.06. The van der Waals surface area contributed by atoms with Crippen molar-refractivity contribution in [2.75, 3.05) is 6.54 Å². The first-order valence-corrected chi connectivity index (χ1v) is 6.42. The fourth-order valence-corrected chi connectivity index (χ4v) is 1.89. The second kappa shape index (κ2) is 5.69. The van der Waals surface area contributed by atoms with Crippen LogP contribution in [0.1, 0.15) is 33.0 Å². The van der Waals surface area contributed by atoms with E-state index in [0.717, 1.165) is 23.5 Å². The van der Waals surface area contributed by atoms with Gasteiger partial charge in [-0.05, 0) is 44.0 Å². The third-order valence-electron chi connectivity index (χ3n) is 3.20. The summed E-state index contributed by atoms with van der Waals surface area (Å²) < 4.78 is 0. The molecule has 0 saturated heterocycles. The monoisotopic (exact) mass is 257 g/mol. The summed E-state index contributed by atoms with van der Waals surface area (Å²) in [4.78, 5) is 19.2. The summed E-state index contributed by atoms with van der Waals surface area (Å²) in [5.41, 5.74) is 4.09. The maximum atomic E-state index is 12.0. The Morgan fingerprint density at radius 1 is 1.26 bits per heavy atom. The molecule has 1 aromatic heterocycles. The number of H-pyrrole nitrogens is 1. The van der Waals surface area contributed by atoms with Gasteiger partial charge in [0.05, 0.1) is 0 Å². The lowest BCUT2D eigenvalue weighted by Crippen LogP contribution is -2.25. The highest BCUT2D eigenvalue weighted by molar-refractivity contribution is 5.94. The molecule has 4 heteroatoms. The van der Waals surface area contributed by atoms with Crippen LogP contribution in [0.2, 0.25) is 0 Å². The maximum absolute atomic E-state index is 12.0. The van der Waals surface area contributed by atoms with E-state index in [1.807, 2.05) is 39.0 Å². The van der Waals surface area contributed by atoms with Gasteiger partial charge in [0, 0.05) is 30.4 Å². The maximum Gasteiger partial charge on any atom is 0.251 e. The molecule has 2 rings (SSSR count). The quantitative estimate of drug-likeness (QED) is 0.883. The normalized spacial score (nSPS) is 10.5. The van der Waals surface area contributed by atoms with Gasteiger partial charge in [0.15, 0.2) is 0 Å². The second-order valence-corrected chi connectivity index (χ2v) is 4.80. The van der Waals surface area contributed by atoms with Crippen LogP contribution < -0.4 is 5.32 Å². The number of nitrogens with zero attached hydrogens (tertiary/aromatic N) is 1. The first kappa shape index (κ1) is 13.3. The number of hydrogen-bond donors (Lipinski definition) is 2. The van der Waals surface area contributed by atoms with Gasteiger partial charge in [0.25, 0.3) is 5.91 Å². The van der Waals surface area contributed by atoms with E-state index in [2.05, 4.69) is 15.3 Å². The predicted molar refractivity (Wildman–Crippen MR) is 75.3 cm³/mol. The zero-order valence-corrected chi connectivity index (χ0v) is 11.6. The van der Waals surface area contributed by atoms with Crippen LogP contribution in [0.4, 0.5) is 0 Å². The van der Waals surface area contributed by atoms with Crippen molar-refractivity contribution < 1.29 is 4.79 Å². The molecule has 0 aliphatic carbocycles. The molecule has 19 heavy (non-hydrogen) atoms. The Morgan fingerprint density at radius 3 is 2.68 bits per heavy atom. The number of carbonyl (C=O) groups is 1. The topological polar surface area (TPSA) is 57.8 Å². The minimum atomic E-state index is -0.0284. The Hall–Kier alpha value is -2.10. The number of aromatic nitrogens is 2. The molecule has 1 amide bonds. The highest BCUT2D eigenvalue weighted by Gasteiger charge is 2.06. The van der Waals surface area contributed by atoms with E-state index in [0.29, 0.717) is 12.1 Å². The first-order valence-electron chi connectivity index (χ1n) is 6.42. The SMILES string of the molecule is Cc1ncc(CCNC(=O)c2ccc(C)c(C)c2)[nH]1. The van der Waals surface area contributed by atoms with Crippen LogP contribution in [0.5, 0.6) is 0 Å². The molecule has 2 aromatic rings. The van der Waals surface area contributed by atoms with Crippen LogP contribution in [-0.2, 0) is 6.42 Å². The molecule has 0 fully saturated rings. The zero-order valence-electron chi connectivity index (χ0n) is 11.6. The van der Waals surface area contributed by atoms with Crippen LogP contribution in [0.15, 0.2) is 24.4 Å². The molecule has 1 heterocycles. The van der Waals surface area contributed by atoms with Gasteiger partial charge < -0.3 is 10.3 Å². The van der Waals surface area contributed by atoms with Gasteiger partial charge in [0.2, 0.25) is 0 Å². The molecular formula is C15H19N3O. The van der Waals surface area contributed by atoms with Gasteiger partial charge >= 0.3 is 0 Å². The van der Waals surface area contributed by atoms with Gasteiger partial charge in [-0.1, -0.05) is 6.07 Å². The van der Waals surface area contributed by atoms with Crippen molar-refractivity contribution in [2.45, 2.75) is 27.2 Å². The Bertz CT molecular complexity index is 587. The van der Waals surface area contributed by atoms with Crippen molar-refractivity contribution in [3.63, 3.8) is 0 Å². The smallest absolute Gasteiger partial charge is 0.251 e. The van der Waals surface area contributed by atoms with Gasteiger partial charge in [-0.2, -0.15) is 0 Å². The van der Waals surface area contributed by atoms with E-state index < -0.39 is 0 Å². The van der Waals surface area contributed by atoms with Crippen LogP contribution >= 0.6 is 0 Å². The molecule has 4 nitrogen and oxygen atoms in total. The van der Waals surface area contributed by atoms with Crippen molar-refractivity contribution >= 4 is 5.91 Å². The van der Waals surface area contributed by atoms with Gasteiger partial charge in [-0.3, -0.25) is 4.79 Å². The predicted octanol–water partition coefficient (Wildman–Crippen LogP) is 2.31. The summed E-state index contributed by atoms with van der Waals surface area (Å²) in [5.74, 6) is 0.870. The number of imidazole rings is 1. The lowest BCUT2D eigenvalue weighted by Gasteiger charge is -2.06. The average Bonchev–Trinajstić information content (AvgIpc) is 2.78. The van der Waals surface area contributed by atoms with Crippen molar-refractivity contribution in [1.82, 2.24) is 15.3 Å². The molecule has 0 aliphatic rings. The molecule has 0 unspecified atom stereocenters. The number of aryl methyl sites for hydroxylation is 3. The molecule has 2 N–H and O–H groups in total. The third kappa shape index (κ3) is 3.44. The summed E-state index contributed by atoms with van der Waals surface area (Å²) in [7, 11) is 0. The molecule has 100 valence electrons. The van der Waals surface area contributed by atoms with Crippen LogP contribution in [0.3, 0.4) is 0 Å². The molecule has 0 bridgehead atoms. The molecule has 0 aliphatic heterocycles. The summed E-state index contributed by atoms with van der Waals surface area (Å²) in [6.45, 7) is 6.57. The van der Waals surface area contributed by atoms with Gasteiger partial charge in [0.1, 0.15) is 5.82 Å². The minimum absolute atomic E-state index is 0.0284. The number of nitrogens with one attached hydrogen (secondary N) is 2.